The summed E-state index contributed by atoms with van der Waals surface area (Å²) in [4.78, 5) is 11.7. The van der Waals surface area contributed by atoms with E-state index < -0.39 is 0 Å². The van der Waals surface area contributed by atoms with Crippen LogP contribution in [0.15, 0.2) is 21.1 Å². The lowest BCUT2D eigenvalue weighted by molar-refractivity contribution is 0.0599. The fourth-order valence-corrected chi connectivity index (χ4v) is 3.77. The molecule has 0 aliphatic carbocycles. The molecule has 0 aliphatic rings. The number of esters is 1. The van der Waals surface area contributed by atoms with E-state index in [4.69, 9.17) is 4.74 Å². The van der Waals surface area contributed by atoms with E-state index in [1.165, 1.54) is 71.3 Å². The number of hydrogen-bond donors (Lipinski definition) is 1. The van der Waals surface area contributed by atoms with Crippen molar-refractivity contribution in [3.63, 3.8) is 0 Å². The molecule has 1 aromatic rings. The second-order valence-corrected chi connectivity index (χ2v) is 8.12. The molecule has 0 radical (unpaired) electrons. The van der Waals surface area contributed by atoms with Crippen molar-refractivity contribution in [3.8, 4) is 0 Å². The van der Waals surface area contributed by atoms with E-state index in [0.29, 0.717) is 5.56 Å². The SMILES string of the molecule is CCCCCCCCCCCCNc1cc(Br)c(C(=O)OC)cc1Br. The van der Waals surface area contributed by atoms with Crippen LogP contribution in [0.4, 0.5) is 5.69 Å². The van der Waals surface area contributed by atoms with Gasteiger partial charge < -0.3 is 10.1 Å². The van der Waals surface area contributed by atoms with Gasteiger partial charge in [-0.05, 0) is 50.4 Å². The highest BCUT2D eigenvalue weighted by Gasteiger charge is 2.13. The lowest BCUT2D eigenvalue weighted by Crippen LogP contribution is -2.06. The second kappa shape index (κ2) is 13.6. The zero-order chi connectivity index (χ0) is 18.5. The lowest BCUT2D eigenvalue weighted by atomic mass is 10.1. The molecule has 0 spiro atoms. The minimum Gasteiger partial charge on any atom is -0.465 e. The largest absolute Gasteiger partial charge is 0.465 e. The highest BCUT2D eigenvalue weighted by Crippen LogP contribution is 2.30. The highest BCUT2D eigenvalue weighted by molar-refractivity contribution is 9.11. The number of anilines is 1. The van der Waals surface area contributed by atoms with Crippen molar-refractivity contribution in [1.82, 2.24) is 0 Å². The third kappa shape index (κ3) is 9.09. The standard InChI is InChI=1S/C20H31Br2NO2/c1-3-4-5-6-7-8-9-10-11-12-13-23-19-15-17(21)16(14-18(19)22)20(24)25-2/h14-15,23H,3-13H2,1-2H3. The average Bonchev–Trinajstić information content (AvgIpc) is 2.61. The third-order valence-electron chi connectivity index (χ3n) is 4.31. The second-order valence-electron chi connectivity index (χ2n) is 6.41. The maximum absolute atomic E-state index is 11.7. The van der Waals surface area contributed by atoms with Crippen LogP contribution in [0.25, 0.3) is 0 Å². The van der Waals surface area contributed by atoms with E-state index in [9.17, 15) is 4.79 Å². The molecule has 0 bridgehead atoms. The molecule has 142 valence electrons. The van der Waals surface area contributed by atoms with Crippen molar-refractivity contribution in [2.75, 3.05) is 19.0 Å². The summed E-state index contributed by atoms with van der Waals surface area (Å²) in [5.41, 5.74) is 1.52. The normalized spacial score (nSPS) is 10.7. The molecular weight excluding hydrogens is 446 g/mol. The average molecular weight is 477 g/mol. The summed E-state index contributed by atoms with van der Waals surface area (Å²) in [6, 6.07) is 3.71. The summed E-state index contributed by atoms with van der Waals surface area (Å²) in [7, 11) is 1.39. The molecular formula is C20H31Br2NO2. The number of unbranched alkanes of at least 4 members (excludes halogenated alkanes) is 9. The molecule has 5 heteroatoms. The quantitative estimate of drug-likeness (QED) is 0.239. The summed E-state index contributed by atoms with van der Waals surface area (Å²) in [6.45, 7) is 3.21. The molecule has 0 atom stereocenters. The van der Waals surface area contributed by atoms with Crippen LogP contribution in [0.2, 0.25) is 0 Å². The smallest absolute Gasteiger partial charge is 0.339 e. The first-order valence-electron chi connectivity index (χ1n) is 9.41. The van der Waals surface area contributed by atoms with Gasteiger partial charge in [0, 0.05) is 21.2 Å². The Morgan fingerprint density at radius 3 is 2.04 bits per heavy atom. The fourth-order valence-electron chi connectivity index (χ4n) is 2.78. The van der Waals surface area contributed by atoms with E-state index in [1.807, 2.05) is 6.07 Å². The molecule has 3 nitrogen and oxygen atoms in total. The predicted octanol–water partition coefficient (Wildman–Crippen LogP) is 7.33. The summed E-state index contributed by atoms with van der Waals surface area (Å²) in [5.74, 6) is -0.339. The van der Waals surface area contributed by atoms with Crippen LogP contribution in [0.5, 0.6) is 0 Å². The Labute approximate surface area is 169 Å². The first-order valence-corrected chi connectivity index (χ1v) is 11.0. The van der Waals surface area contributed by atoms with E-state index in [-0.39, 0.29) is 5.97 Å². The molecule has 25 heavy (non-hydrogen) atoms. The first kappa shape index (κ1) is 22.5. The Bertz CT molecular complexity index is 521. The third-order valence-corrected chi connectivity index (χ3v) is 5.62. The number of rotatable bonds is 13. The molecule has 0 fully saturated rings. The number of benzene rings is 1. The predicted molar refractivity (Wildman–Crippen MR) is 114 cm³/mol. The van der Waals surface area contributed by atoms with Gasteiger partial charge in [0.2, 0.25) is 0 Å². The zero-order valence-electron chi connectivity index (χ0n) is 15.5. The van der Waals surface area contributed by atoms with Crippen LogP contribution >= 0.6 is 31.9 Å². The van der Waals surface area contributed by atoms with Gasteiger partial charge in [0.1, 0.15) is 0 Å². The van der Waals surface area contributed by atoms with Gasteiger partial charge in [-0.2, -0.15) is 0 Å². The Hall–Kier alpha value is -0.550. The molecule has 0 aromatic heterocycles. The van der Waals surface area contributed by atoms with Gasteiger partial charge in [0.15, 0.2) is 0 Å². The van der Waals surface area contributed by atoms with Crippen molar-refractivity contribution >= 4 is 43.5 Å². The van der Waals surface area contributed by atoms with Crippen molar-refractivity contribution < 1.29 is 9.53 Å². The van der Waals surface area contributed by atoms with Crippen LogP contribution < -0.4 is 5.32 Å². The zero-order valence-corrected chi connectivity index (χ0v) is 18.7. The number of carbonyl (C=O) groups is 1. The summed E-state index contributed by atoms with van der Waals surface area (Å²) >= 11 is 6.95. The lowest BCUT2D eigenvalue weighted by Gasteiger charge is -2.11. The van der Waals surface area contributed by atoms with E-state index in [1.54, 1.807) is 6.07 Å². The molecule has 0 saturated heterocycles. The van der Waals surface area contributed by atoms with Gasteiger partial charge in [0.05, 0.1) is 12.7 Å². The molecule has 1 N–H and O–H groups in total. The number of methoxy groups -OCH3 is 1. The van der Waals surface area contributed by atoms with Gasteiger partial charge >= 0.3 is 5.97 Å². The van der Waals surface area contributed by atoms with E-state index in [2.05, 4.69) is 44.1 Å². The van der Waals surface area contributed by atoms with Gasteiger partial charge in [-0.15, -0.1) is 0 Å². The van der Waals surface area contributed by atoms with Crippen molar-refractivity contribution in [2.24, 2.45) is 0 Å². The van der Waals surface area contributed by atoms with E-state index >= 15 is 0 Å². The van der Waals surface area contributed by atoms with Gasteiger partial charge in [-0.25, -0.2) is 4.79 Å². The minimum absolute atomic E-state index is 0.339. The summed E-state index contributed by atoms with van der Waals surface area (Å²) in [5, 5.41) is 3.43. The molecule has 1 aromatic carbocycles. The van der Waals surface area contributed by atoms with Crippen LogP contribution in [0.1, 0.15) is 81.5 Å². The van der Waals surface area contributed by atoms with Crippen LogP contribution in [0, 0.1) is 0 Å². The van der Waals surface area contributed by atoms with Gasteiger partial charge in [0.25, 0.3) is 0 Å². The van der Waals surface area contributed by atoms with Crippen LogP contribution in [-0.2, 0) is 4.74 Å². The molecule has 1 rings (SSSR count). The topological polar surface area (TPSA) is 38.3 Å². The number of hydrogen-bond acceptors (Lipinski definition) is 3. The van der Waals surface area contributed by atoms with Crippen molar-refractivity contribution in [2.45, 2.75) is 71.1 Å². The Morgan fingerprint density at radius 1 is 0.920 bits per heavy atom. The molecule has 0 heterocycles. The molecule has 0 saturated carbocycles. The fraction of sp³-hybridized carbons (Fsp3) is 0.650. The summed E-state index contributed by atoms with van der Waals surface area (Å²) in [6.07, 6.45) is 13.4. The monoisotopic (exact) mass is 475 g/mol. The van der Waals surface area contributed by atoms with Gasteiger partial charge in [-0.1, -0.05) is 64.7 Å². The number of halogens is 2. The maximum Gasteiger partial charge on any atom is 0.339 e. The minimum atomic E-state index is -0.339. The Balaban J connectivity index is 2.18. The van der Waals surface area contributed by atoms with Crippen LogP contribution in [-0.4, -0.2) is 19.6 Å². The number of ether oxygens (including phenoxy) is 1. The number of carbonyl (C=O) groups excluding carboxylic acids is 1. The van der Waals surface area contributed by atoms with Crippen molar-refractivity contribution in [3.05, 3.63) is 26.6 Å². The van der Waals surface area contributed by atoms with Crippen LogP contribution in [0.3, 0.4) is 0 Å². The van der Waals surface area contributed by atoms with Gasteiger partial charge in [-0.3, -0.25) is 0 Å². The summed E-state index contributed by atoms with van der Waals surface area (Å²) < 4.78 is 6.40. The number of nitrogens with one attached hydrogen (secondary N) is 1. The van der Waals surface area contributed by atoms with Crippen molar-refractivity contribution in [1.29, 1.82) is 0 Å². The maximum atomic E-state index is 11.7. The highest BCUT2D eigenvalue weighted by atomic mass is 79.9. The molecule has 0 unspecified atom stereocenters. The molecule has 0 amide bonds. The first-order chi connectivity index (χ1) is 12.1. The Kier molecular flexibility index (Phi) is 12.3. The van der Waals surface area contributed by atoms with E-state index in [0.717, 1.165) is 21.2 Å². The Morgan fingerprint density at radius 2 is 1.48 bits per heavy atom. The molecule has 0 aliphatic heterocycles.